The van der Waals surface area contributed by atoms with E-state index in [1.165, 1.54) is 0 Å². The van der Waals surface area contributed by atoms with Gasteiger partial charge in [0, 0.05) is 31.2 Å². The van der Waals surface area contributed by atoms with Gasteiger partial charge in [-0.25, -0.2) is 0 Å². The first kappa shape index (κ1) is 15.7. The zero-order valence-electron chi connectivity index (χ0n) is 13.9. The first-order valence-corrected chi connectivity index (χ1v) is 8.56. The van der Waals surface area contributed by atoms with E-state index < -0.39 is 0 Å². The van der Waals surface area contributed by atoms with Crippen molar-refractivity contribution in [3.63, 3.8) is 0 Å². The quantitative estimate of drug-likeness (QED) is 0.918. The van der Waals surface area contributed by atoms with Crippen LogP contribution in [-0.2, 0) is 11.3 Å². The van der Waals surface area contributed by atoms with Crippen LogP contribution in [0.25, 0.3) is 0 Å². The predicted molar refractivity (Wildman–Crippen MR) is 94.5 cm³/mol. The zero-order chi connectivity index (χ0) is 17.4. The molecule has 1 aromatic heterocycles. The van der Waals surface area contributed by atoms with E-state index in [2.05, 4.69) is 0 Å². The summed E-state index contributed by atoms with van der Waals surface area (Å²) in [6, 6.07) is 12.9. The van der Waals surface area contributed by atoms with Crippen LogP contribution in [0.1, 0.15) is 18.0 Å². The van der Waals surface area contributed by atoms with Gasteiger partial charge in [0.1, 0.15) is 5.75 Å². The molecular weight excluding hydrogens is 318 g/mol. The summed E-state index contributed by atoms with van der Waals surface area (Å²) in [4.78, 5) is 26.7. The van der Waals surface area contributed by atoms with Gasteiger partial charge in [-0.15, -0.1) is 0 Å². The van der Waals surface area contributed by atoms with Gasteiger partial charge in [-0.1, -0.05) is 18.2 Å². The van der Waals surface area contributed by atoms with Crippen LogP contribution in [0, 0.1) is 5.92 Å². The number of pyridine rings is 1. The average Bonchev–Trinajstić information content (AvgIpc) is 2.64. The summed E-state index contributed by atoms with van der Waals surface area (Å²) in [5, 5.41) is 0. The van der Waals surface area contributed by atoms with Crippen molar-refractivity contribution in [2.75, 3.05) is 25.4 Å². The van der Waals surface area contributed by atoms with E-state index in [0.29, 0.717) is 25.4 Å². The number of anilines is 1. The molecule has 6 heteroatoms. The Balaban J connectivity index is 1.47. The lowest BCUT2D eigenvalue weighted by atomic mass is 9.83. The number of aromatic nitrogens is 1. The third-order valence-electron chi connectivity index (χ3n) is 5.09. The maximum absolute atomic E-state index is 12.5. The Labute approximate surface area is 145 Å². The van der Waals surface area contributed by atoms with E-state index in [-0.39, 0.29) is 35.6 Å². The SMILES string of the molecule is Nc1ccc2n(c1=O)C[C@H]1C[C@@H]2CN(C(=O)COc2ccccc2)C1. The fourth-order valence-electron chi connectivity index (χ4n) is 3.92. The molecule has 25 heavy (non-hydrogen) atoms. The highest BCUT2D eigenvalue weighted by atomic mass is 16.5. The number of nitrogen functional groups attached to an aromatic ring is 1. The maximum atomic E-state index is 12.5. The third kappa shape index (κ3) is 2.99. The van der Waals surface area contributed by atoms with Crippen molar-refractivity contribution in [1.29, 1.82) is 0 Å². The first-order valence-electron chi connectivity index (χ1n) is 8.56. The van der Waals surface area contributed by atoms with Crippen molar-refractivity contribution in [1.82, 2.24) is 9.47 Å². The van der Waals surface area contributed by atoms with Crippen LogP contribution >= 0.6 is 0 Å². The number of likely N-dealkylation sites (tertiary alicyclic amines) is 1. The second-order valence-corrected chi connectivity index (χ2v) is 6.83. The fraction of sp³-hybridized carbons (Fsp3) is 0.368. The molecule has 130 valence electrons. The zero-order valence-corrected chi connectivity index (χ0v) is 13.9. The van der Waals surface area contributed by atoms with Crippen LogP contribution in [0.2, 0.25) is 0 Å². The molecule has 1 aromatic carbocycles. The minimum absolute atomic E-state index is 0.00945. The van der Waals surface area contributed by atoms with Gasteiger partial charge in [0.2, 0.25) is 0 Å². The molecule has 0 saturated carbocycles. The number of para-hydroxylation sites is 1. The molecule has 0 unspecified atom stereocenters. The highest BCUT2D eigenvalue weighted by molar-refractivity contribution is 5.78. The summed E-state index contributed by atoms with van der Waals surface area (Å²) in [6.45, 7) is 1.95. The molecule has 3 heterocycles. The smallest absolute Gasteiger partial charge is 0.273 e. The summed E-state index contributed by atoms with van der Waals surface area (Å²) in [7, 11) is 0. The molecule has 0 radical (unpaired) electrons. The number of ether oxygens (including phenoxy) is 1. The van der Waals surface area contributed by atoms with E-state index in [1.807, 2.05) is 41.3 Å². The van der Waals surface area contributed by atoms with Crippen LogP contribution in [0.4, 0.5) is 5.69 Å². The Bertz CT molecular complexity index is 847. The molecule has 2 aromatic rings. The number of benzene rings is 1. The minimum Gasteiger partial charge on any atom is -0.484 e. The Morgan fingerprint density at radius 3 is 2.72 bits per heavy atom. The molecule has 2 bridgehead atoms. The molecule has 2 aliphatic rings. The van der Waals surface area contributed by atoms with E-state index >= 15 is 0 Å². The van der Waals surface area contributed by atoms with E-state index in [9.17, 15) is 9.59 Å². The van der Waals surface area contributed by atoms with Gasteiger partial charge in [0.05, 0.1) is 5.69 Å². The third-order valence-corrected chi connectivity index (χ3v) is 5.09. The lowest BCUT2D eigenvalue weighted by Gasteiger charge is -2.42. The van der Waals surface area contributed by atoms with E-state index in [4.69, 9.17) is 10.5 Å². The lowest BCUT2D eigenvalue weighted by Crippen LogP contribution is -2.50. The van der Waals surface area contributed by atoms with Gasteiger partial charge in [-0.3, -0.25) is 9.59 Å². The molecule has 4 rings (SSSR count). The fourth-order valence-corrected chi connectivity index (χ4v) is 3.92. The molecule has 2 atom stereocenters. The summed E-state index contributed by atoms with van der Waals surface area (Å²) in [6.07, 6.45) is 1.01. The number of nitrogens with zero attached hydrogens (tertiary/aromatic N) is 2. The summed E-state index contributed by atoms with van der Waals surface area (Å²) in [5.74, 6) is 1.15. The molecular formula is C19H21N3O3. The minimum atomic E-state index is -0.112. The topological polar surface area (TPSA) is 77.6 Å². The molecule has 1 saturated heterocycles. The van der Waals surface area contributed by atoms with Gasteiger partial charge in [-0.05, 0) is 36.6 Å². The molecule has 2 aliphatic heterocycles. The van der Waals surface area contributed by atoms with Crippen molar-refractivity contribution in [2.45, 2.75) is 18.9 Å². The van der Waals surface area contributed by atoms with E-state index in [0.717, 1.165) is 12.1 Å². The Hall–Kier alpha value is -2.76. The highest BCUT2D eigenvalue weighted by Gasteiger charge is 2.36. The number of carbonyl (C=O) groups is 1. The highest BCUT2D eigenvalue weighted by Crippen LogP contribution is 2.35. The predicted octanol–water partition coefficient (Wildman–Crippen LogP) is 1.46. The van der Waals surface area contributed by atoms with Crippen molar-refractivity contribution >= 4 is 11.6 Å². The van der Waals surface area contributed by atoms with Crippen LogP contribution in [0.15, 0.2) is 47.3 Å². The summed E-state index contributed by atoms with van der Waals surface area (Å²) >= 11 is 0. The average molecular weight is 339 g/mol. The molecule has 2 N–H and O–H groups in total. The number of piperidine rings is 1. The summed E-state index contributed by atoms with van der Waals surface area (Å²) < 4.78 is 7.37. The van der Waals surface area contributed by atoms with Gasteiger partial charge in [-0.2, -0.15) is 0 Å². The number of rotatable bonds is 3. The maximum Gasteiger partial charge on any atom is 0.273 e. The van der Waals surface area contributed by atoms with Crippen LogP contribution < -0.4 is 16.0 Å². The number of fused-ring (bicyclic) bond motifs is 4. The first-order chi connectivity index (χ1) is 12.1. The van der Waals surface area contributed by atoms with E-state index in [1.54, 1.807) is 10.6 Å². The van der Waals surface area contributed by atoms with Gasteiger partial charge in [0.25, 0.3) is 11.5 Å². The normalized spacial score (nSPS) is 21.5. The van der Waals surface area contributed by atoms with Gasteiger partial charge >= 0.3 is 0 Å². The van der Waals surface area contributed by atoms with Crippen LogP contribution in [0.3, 0.4) is 0 Å². The van der Waals surface area contributed by atoms with Crippen molar-refractivity contribution in [2.24, 2.45) is 5.92 Å². The molecule has 0 spiro atoms. The van der Waals surface area contributed by atoms with Gasteiger partial charge < -0.3 is 19.9 Å². The van der Waals surface area contributed by atoms with Gasteiger partial charge in [0.15, 0.2) is 6.61 Å². The van der Waals surface area contributed by atoms with Crippen molar-refractivity contribution in [3.8, 4) is 5.75 Å². The van der Waals surface area contributed by atoms with Crippen LogP contribution in [-0.4, -0.2) is 35.1 Å². The second kappa shape index (κ2) is 6.27. The molecule has 1 fully saturated rings. The number of amides is 1. The Morgan fingerprint density at radius 2 is 1.92 bits per heavy atom. The standard InChI is InChI=1S/C19H21N3O3/c20-16-6-7-17-14-8-13(10-22(17)19(16)24)9-21(11-14)18(23)12-25-15-4-2-1-3-5-15/h1-7,13-14H,8-12,20H2/t13-,14+/m0/s1. The lowest BCUT2D eigenvalue weighted by molar-refractivity contribution is -0.136. The van der Waals surface area contributed by atoms with Crippen molar-refractivity contribution in [3.05, 3.63) is 58.5 Å². The number of carbonyl (C=O) groups excluding carboxylic acids is 1. The monoisotopic (exact) mass is 339 g/mol. The van der Waals surface area contributed by atoms with Crippen molar-refractivity contribution < 1.29 is 9.53 Å². The number of nitrogens with two attached hydrogens (primary N) is 1. The largest absolute Gasteiger partial charge is 0.484 e. The molecule has 6 nitrogen and oxygen atoms in total. The number of hydrogen-bond acceptors (Lipinski definition) is 4. The Morgan fingerprint density at radius 1 is 1.12 bits per heavy atom. The summed E-state index contributed by atoms with van der Waals surface area (Å²) in [5.41, 5.74) is 6.91. The molecule has 1 amide bonds. The number of hydrogen-bond donors (Lipinski definition) is 1. The Kier molecular flexibility index (Phi) is 3.95. The van der Waals surface area contributed by atoms with Crippen LogP contribution in [0.5, 0.6) is 5.75 Å². The molecule has 0 aliphatic carbocycles. The second-order valence-electron chi connectivity index (χ2n) is 6.83.